The number of rotatable bonds is 4. The molecule has 0 heterocycles. The Labute approximate surface area is 101 Å². The van der Waals surface area contributed by atoms with Gasteiger partial charge in [-0.1, -0.05) is 17.7 Å². The molecule has 3 N–H and O–H groups in total. The van der Waals surface area contributed by atoms with E-state index in [1.165, 1.54) is 0 Å². The summed E-state index contributed by atoms with van der Waals surface area (Å²) in [5.41, 5.74) is 3.64. The van der Waals surface area contributed by atoms with Crippen LogP contribution in [0.1, 0.15) is 26.7 Å². The maximum absolute atomic E-state index is 6.00. The van der Waals surface area contributed by atoms with Crippen LogP contribution in [0.25, 0.3) is 0 Å². The van der Waals surface area contributed by atoms with Gasteiger partial charge in [0.15, 0.2) is 0 Å². The highest BCUT2D eigenvalue weighted by Crippen LogP contribution is 2.22. The van der Waals surface area contributed by atoms with E-state index in [9.17, 15) is 0 Å². The molecule has 16 heavy (non-hydrogen) atoms. The van der Waals surface area contributed by atoms with E-state index in [1.807, 2.05) is 38.2 Å². The minimum absolute atomic E-state index is 0.620. The highest BCUT2D eigenvalue weighted by molar-refractivity contribution is 6.31. The molecule has 1 aliphatic rings. The summed E-state index contributed by atoms with van der Waals surface area (Å²) in [4.78, 5) is 0. The first-order chi connectivity index (χ1) is 7.67. The Balaban J connectivity index is 2.66. The van der Waals surface area contributed by atoms with Crippen LogP contribution in [0.2, 0.25) is 0 Å². The van der Waals surface area contributed by atoms with Gasteiger partial charge >= 0.3 is 0 Å². The molecule has 0 saturated carbocycles. The fourth-order valence-electron chi connectivity index (χ4n) is 1.33. The van der Waals surface area contributed by atoms with Crippen LogP contribution in [0.4, 0.5) is 0 Å². The Kier molecular flexibility index (Phi) is 5.15. The molecule has 0 atom stereocenters. The van der Waals surface area contributed by atoms with Crippen LogP contribution in [0.3, 0.4) is 0 Å². The van der Waals surface area contributed by atoms with E-state index in [1.54, 1.807) is 0 Å². The number of halogens is 1. The van der Waals surface area contributed by atoms with Crippen LogP contribution in [0.15, 0.2) is 46.6 Å². The van der Waals surface area contributed by atoms with E-state index in [2.05, 4.69) is 5.43 Å². The lowest BCUT2D eigenvalue weighted by Crippen LogP contribution is -2.22. The van der Waals surface area contributed by atoms with Gasteiger partial charge in [0, 0.05) is 12.1 Å². The molecule has 0 radical (unpaired) electrons. The van der Waals surface area contributed by atoms with Gasteiger partial charge in [0.25, 0.3) is 0 Å². The van der Waals surface area contributed by atoms with Gasteiger partial charge in [0.1, 0.15) is 11.5 Å². The summed E-state index contributed by atoms with van der Waals surface area (Å²) in [5.74, 6) is 6.92. The van der Waals surface area contributed by atoms with Gasteiger partial charge in [-0.3, -0.25) is 5.84 Å². The monoisotopic (exact) mass is 240 g/mol. The van der Waals surface area contributed by atoms with E-state index < -0.39 is 0 Å². The topological polar surface area (TPSA) is 47.3 Å². The van der Waals surface area contributed by atoms with Gasteiger partial charge in [-0.25, -0.2) is 0 Å². The van der Waals surface area contributed by atoms with E-state index in [-0.39, 0.29) is 0 Å². The molecule has 0 aromatic carbocycles. The summed E-state index contributed by atoms with van der Waals surface area (Å²) < 4.78 is 5.64. The highest BCUT2D eigenvalue weighted by Gasteiger charge is 2.08. The standard InChI is InChI=1S/C12H17ClN2O/c1-3-4-12(13)9(2)16-11-7-5-10(15-14)6-8-11/h3-5,7,15H,6,8,14H2,1-2H3/b4-3-,12-9-. The fraction of sp³-hybridized carbons (Fsp3) is 0.333. The molecule has 0 aromatic heterocycles. The van der Waals surface area contributed by atoms with Crippen molar-refractivity contribution < 1.29 is 4.74 Å². The number of hydrogen-bond donors (Lipinski definition) is 2. The lowest BCUT2D eigenvalue weighted by molar-refractivity contribution is 0.289. The maximum Gasteiger partial charge on any atom is 0.119 e. The Hall–Kier alpha value is -1.19. The molecule has 0 bridgehead atoms. The minimum atomic E-state index is 0.620. The van der Waals surface area contributed by atoms with Crippen molar-refractivity contribution >= 4 is 11.6 Å². The van der Waals surface area contributed by atoms with Crippen molar-refractivity contribution in [1.29, 1.82) is 0 Å². The average molecular weight is 241 g/mol. The second kappa shape index (κ2) is 6.40. The summed E-state index contributed by atoms with van der Waals surface area (Å²) in [5, 5.41) is 0.620. The summed E-state index contributed by atoms with van der Waals surface area (Å²) in [6.07, 6.45) is 9.19. The molecular formula is C12H17ClN2O. The van der Waals surface area contributed by atoms with Crippen LogP contribution in [-0.2, 0) is 4.74 Å². The molecule has 0 aromatic rings. The van der Waals surface area contributed by atoms with Crippen LogP contribution in [-0.4, -0.2) is 0 Å². The van der Waals surface area contributed by atoms with Crippen LogP contribution < -0.4 is 11.3 Å². The molecule has 1 aliphatic carbocycles. The molecule has 0 spiro atoms. The quantitative estimate of drug-likeness (QED) is 0.344. The number of nitrogens with one attached hydrogen (secondary N) is 1. The maximum atomic E-state index is 6.00. The van der Waals surface area contributed by atoms with Gasteiger partial charge in [-0.05, 0) is 38.5 Å². The third-order valence-corrected chi connectivity index (χ3v) is 2.62. The third-order valence-electron chi connectivity index (χ3n) is 2.23. The number of hydrogen-bond acceptors (Lipinski definition) is 3. The van der Waals surface area contributed by atoms with Gasteiger partial charge in [-0.2, -0.15) is 0 Å². The van der Waals surface area contributed by atoms with E-state index in [4.69, 9.17) is 22.2 Å². The van der Waals surface area contributed by atoms with Gasteiger partial charge in [0.05, 0.1) is 5.03 Å². The lowest BCUT2D eigenvalue weighted by atomic mass is 10.1. The molecule has 3 nitrogen and oxygen atoms in total. The summed E-state index contributed by atoms with van der Waals surface area (Å²) in [6.45, 7) is 3.76. The van der Waals surface area contributed by atoms with Gasteiger partial charge in [0.2, 0.25) is 0 Å². The normalized spacial score (nSPS) is 17.8. The molecule has 0 fully saturated rings. The predicted molar refractivity (Wildman–Crippen MR) is 67.2 cm³/mol. The number of hydrazine groups is 1. The van der Waals surface area contributed by atoms with Crippen molar-refractivity contribution in [1.82, 2.24) is 5.43 Å². The third kappa shape index (κ3) is 3.76. The van der Waals surface area contributed by atoms with Crippen LogP contribution in [0, 0.1) is 0 Å². The Morgan fingerprint density at radius 3 is 2.75 bits per heavy atom. The van der Waals surface area contributed by atoms with Gasteiger partial charge in [-0.15, -0.1) is 0 Å². The molecule has 1 rings (SSSR count). The number of nitrogens with two attached hydrogens (primary N) is 1. The Bertz CT molecular complexity index is 367. The van der Waals surface area contributed by atoms with Gasteiger partial charge < -0.3 is 10.2 Å². The van der Waals surface area contributed by atoms with E-state index in [0.717, 1.165) is 24.3 Å². The second-order valence-electron chi connectivity index (χ2n) is 3.48. The molecule has 0 aliphatic heterocycles. The second-order valence-corrected chi connectivity index (χ2v) is 3.88. The zero-order valence-corrected chi connectivity index (χ0v) is 10.3. The molecule has 0 amide bonds. The van der Waals surface area contributed by atoms with E-state index in [0.29, 0.717) is 10.8 Å². The zero-order chi connectivity index (χ0) is 12.0. The molecule has 0 saturated heterocycles. The van der Waals surface area contributed by atoms with Crippen LogP contribution in [0.5, 0.6) is 0 Å². The summed E-state index contributed by atoms with van der Waals surface area (Å²) in [6, 6.07) is 0. The lowest BCUT2D eigenvalue weighted by Gasteiger charge is -2.15. The molecule has 88 valence electrons. The van der Waals surface area contributed by atoms with Crippen molar-refractivity contribution in [3.63, 3.8) is 0 Å². The SMILES string of the molecule is C/C=C\C(Cl)=C(/C)OC1=CC=C(NN)CC1. The van der Waals surface area contributed by atoms with Crippen molar-refractivity contribution in [2.24, 2.45) is 5.84 Å². The Morgan fingerprint density at radius 1 is 1.50 bits per heavy atom. The predicted octanol–water partition coefficient (Wildman–Crippen LogP) is 3.07. The zero-order valence-electron chi connectivity index (χ0n) is 9.59. The molecule has 4 heteroatoms. The first-order valence-corrected chi connectivity index (χ1v) is 5.58. The summed E-state index contributed by atoms with van der Waals surface area (Å²) in [7, 11) is 0. The average Bonchev–Trinajstić information content (AvgIpc) is 2.30. The molecular weight excluding hydrogens is 224 g/mol. The highest BCUT2D eigenvalue weighted by atomic mass is 35.5. The molecule has 0 unspecified atom stereocenters. The van der Waals surface area contributed by atoms with E-state index >= 15 is 0 Å². The first-order valence-electron chi connectivity index (χ1n) is 5.20. The first kappa shape index (κ1) is 12.9. The smallest absolute Gasteiger partial charge is 0.119 e. The number of ether oxygens (including phenoxy) is 1. The van der Waals surface area contributed by atoms with Crippen molar-refractivity contribution in [3.8, 4) is 0 Å². The van der Waals surface area contributed by atoms with Crippen molar-refractivity contribution in [2.75, 3.05) is 0 Å². The largest absolute Gasteiger partial charge is 0.465 e. The van der Waals surface area contributed by atoms with Crippen molar-refractivity contribution in [2.45, 2.75) is 26.7 Å². The summed E-state index contributed by atoms with van der Waals surface area (Å²) >= 11 is 6.00. The Morgan fingerprint density at radius 2 is 2.25 bits per heavy atom. The minimum Gasteiger partial charge on any atom is -0.465 e. The van der Waals surface area contributed by atoms with Crippen LogP contribution >= 0.6 is 11.6 Å². The fourth-order valence-corrected chi connectivity index (χ4v) is 1.50. The number of allylic oxidation sites excluding steroid dienone is 8. The van der Waals surface area contributed by atoms with Crippen molar-refractivity contribution in [3.05, 3.63) is 46.6 Å².